The summed E-state index contributed by atoms with van der Waals surface area (Å²) in [5.74, 6) is 0. The summed E-state index contributed by atoms with van der Waals surface area (Å²) in [5.41, 5.74) is 0. The van der Waals surface area contributed by atoms with E-state index in [0.717, 1.165) is 12.8 Å². The first-order valence-corrected chi connectivity index (χ1v) is 22.4. The maximum Gasteiger partial charge on any atom is 2.00 e. The quantitative estimate of drug-likeness (QED) is 0.0263. The fourth-order valence-electron chi connectivity index (χ4n) is 6.97. The number of quaternary nitrogens is 1. The fourth-order valence-corrected chi connectivity index (χ4v) is 6.97. The van der Waals surface area contributed by atoms with Crippen molar-refractivity contribution in [2.75, 3.05) is 27.2 Å². The van der Waals surface area contributed by atoms with E-state index < -0.39 is 0 Å². The number of nitrogens with zero attached hydrogens (tertiary/aromatic N) is 1. The summed E-state index contributed by atoms with van der Waals surface area (Å²) >= 11 is 0. The summed E-state index contributed by atoms with van der Waals surface area (Å²) in [6.07, 6.45) is 66.9. The second kappa shape index (κ2) is 51.2. The molecule has 0 amide bonds. The van der Waals surface area contributed by atoms with Gasteiger partial charge in [-0.2, -0.15) is 12.2 Å². The van der Waals surface area contributed by atoms with Crippen molar-refractivity contribution in [3.63, 3.8) is 0 Å². The molecule has 0 aromatic heterocycles. The Balaban J connectivity index is -0.000000753. The van der Waals surface area contributed by atoms with E-state index in [0.29, 0.717) is 0 Å². The summed E-state index contributed by atoms with van der Waals surface area (Å²) in [6, 6.07) is 0. The van der Waals surface area contributed by atoms with E-state index in [-0.39, 0.29) is 46.5 Å². The van der Waals surface area contributed by atoms with Crippen LogP contribution in [0.5, 0.6) is 0 Å². The van der Waals surface area contributed by atoms with Crippen molar-refractivity contribution in [2.24, 2.45) is 0 Å². The summed E-state index contributed by atoms with van der Waals surface area (Å²) in [4.78, 5) is 0. The average molecular weight is 800 g/mol. The van der Waals surface area contributed by atoms with Gasteiger partial charge in [-0.3, -0.25) is 12.2 Å². The molecular weight excluding hydrogens is 709 g/mol. The number of allylic oxidation sites excluding steroid dienone is 8. The van der Waals surface area contributed by atoms with E-state index >= 15 is 0 Å². The molecule has 0 atom stereocenters. The van der Waals surface area contributed by atoms with Crippen LogP contribution in [-0.4, -0.2) is 31.7 Å². The number of halogens is 2. The summed E-state index contributed by atoms with van der Waals surface area (Å²) in [5, 5.41) is 0. The minimum absolute atomic E-state index is 0. The van der Waals surface area contributed by atoms with Gasteiger partial charge in [-0.1, -0.05) is 194 Å². The molecule has 0 unspecified atom stereocenters. The van der Waals surface area contributed by atoms with Crippen LogP contribution in [0.1, 0.15) is 232 Å². The molecule has 2 rings (SSSR count). The van der Waals surface area contributed by atoms with Gasteiger partial charge in [0.2, 0.25) is 0 Å². The third kappa shape index (κ3) is 52.3. The van der Waals surface area contributed by atoms with Gasteiger partial charge in [0.05, 0.1) is 27.2 Å². The molecule has 0 radical (unpaired) electrons. The van der Waals surface area contributed by atoms with Crippen LogP contribution in [0.15, 0.2) is 36.5 Å². The molecule has 0 heterocycles. The Bertz CT molecular complexity index is 665. The van der Waals surface area contributed by atoms with Gasteiger partial charge in [0, 0.05) is 0 Å². The molecule has 0 bridgehead atoms. The van der Waals surface area contributed by atoms with Crippen molar-refractivity contribution in [3.05, 3.63) is 48.6 Å². The minimum Gasteiger partial charge on any atom is -1.00 e. The van der Waals surface area contributed by atoms with Crippen molar-refractivity contribution in [2.45, 2.75) is 232 Å². The van der Waals surface area contributed by atoms with Gasteiger partial charge in [-0.25, -0.2) is 24.3 Å². The zero-order valence-corrected chi connectivity index (χ0v) is 38.7. The standard InChI is InChI=1S/C38H80N.2C5H5.2ClH.Ti/c1-5-7-9-11-13-15-17-19-21-23-25-27-29-31-33-35-37-39(3,4)38-36-34-32-30-28-26-24-22-20-18-16-14-12-10-8-6-2;2*1-2-4-5-3-1;;;/h5-38H2,1-4H3;2*1-3H,4H2;2*1H;/q+1;2*-1;;;+2/p-2. The molecule has 0 aromatic carbocycles. The number of hydrogen-bond acceptors (Lipinski definition) is 0. The SMILES string of the molecule is CCCCCCCCCCCCCCCCCC[N+](C)(C)CCCCCCCCCCCCCCCCCC.[C-]1=CC=CC1.[C-]1=CC=CC1.[Cl-].[Cl-].[Ti+2]. The largest absolute Gasteiger partial charge is 2.00 e. The molecule has 0 saturated heterocycles. The summed E-state index contributed by atoms with van der Waals surface area (Å²) in [7, 11) is 4.94. The molecule has 0 spiro atoms. The van der Waals surface area contributed by atoms with Gasteiger partial charge in [-0.05, 0) is 25.7 Å². The van der Waals surface area contributed by atoms with Crippen LogP contribution in [0.3, 0.4) is 0 Å². The van der Waals surface area contributed by atoms with E-state index in [1.54, 1.807) is 0 Å². The van der Waals surface area contributed by atoms with E-state index in [2.05, 4.69) is 52.2 Å². The molecule has 0 aromatic rings. The predicted molar refractivity (Wildman–Crippen MR) is 224 cm³/mol. The van der Waals surface area contributed by atoms with Crippen LogP contribution in [0.4, 0.5) is 0 Å². The van der Waals surface area contributed by atoms with Crippen LogP contribution < -0.4 is 24.8 Å². The molecule has 0 aliphatic heterocycles. The first-order chi connectivity index (χ1) is 24.1. The fraction of sp³-hybridized carbons (Fsp3) is 0.833. The van der Waals surface area contributed by atoms with Gasteiger partial charge in [0.25, 0.3) is 0 Å². The predicted octanol–water partition coefficient (Wildman–Crippen LogP) is 10.2. The van der Waals surface area contributed by atoms with Crippen LogP contribution in [0, 0.1) is 12.2 Å². The Morgan fingerprint density at radius 3 is 0.731 bits per heavy atom. The van der Waals surface area contributed by atoms with Crippen molar-refractivity contribution in [3.8, 4) is 0 Å². The molecular formula is C48H90Cl2NTi-. The molecule has 4 heteroatoms. The molecule has 306 valence electrons. The van der Waals surface area contributed by atoms with Crippen molar-refractivity contribution in [1.82, 2.24) is 0 Å². The Hall–Kier alpha value is 0.214. The zero-order valence-electron chi connectivity index (χ0n) is 35.6. The average Bonchev–Trinajstić information content (AvgIpc) is 3.89. The van der Waals surface area contributed by atoms with Crippen LogP contribution >= 0.6 is 0 Å². The van der Waals surface area contributed by atoms with E-state index in [1.165, 1.54) is 223 Å². The smallest absolute Gasteiger partial charge is 1.00 e. The van der Waals surface area contributed by atoms with Crippen LogP contribution in [0.25, 0.3) is 0 Å². The first-order valence-electron chi connectivity index (χ1n) is 22.4. The topological polar surface area (TPSA) is 0 Å². The zero-order chi connectivity index (χ0) is 35.6. The Morgan fingerprint density at radius 2 is 0.577 bits per heavy atom. The molecule has 2 aliphatic rings. The van der Waals surface area contributed by atoms with E-state index in [9.17, 15) is 0 Å². The monoisotopic (exact) mass is 799 g/mol. The molecule has 0 fully saturated rings. The maximum absolute atomic E-state index is 2.99. The third-order valence-corrected chi connectivity index (χ3v) is 10.4. The van der Waals surface area contributed by atoms with Crippen molar-refractivity contribution >= 4 is 0 Å². The van der Waals surface area contributed by atoms with Gasteiger partial charge in [0.1, 0.15) is 0 Å². The number of rotatable bonds is 34. The maximum atomic E-state index is 2.99. The van der Waals surface area contributed by atoms with E-state index in [4.69, 9.17) is 0 Å². The van der Waals surface area contributed by atoms with Gasteiger partial charge in [-0.15, -0.1) is 12.8 Å². The molecule has 2 aliphatic carbocycles. The van der Waals surface area contributed by atoms with E-state index in [1.807, 2.05) is 24.3 Å². The van der Waals surface area contributed by atoms with Crippen molar-refractivity contribution in [1.29, 1.82) is 0 Å². The van der Waals surface area contributed by atoms with Crippen molar-refractivity contribution < 1.29 is 51.0 Å². The Morgan fingerprint density at radius 1 is 0.365 bits per heavy atom. The summed E-state index contributed by atoms with van der Waals surface area (Å²) < 4.78 is 1.25. The summed E-state index contributed by atoms with van der Waals surface area (Å²) in [6.45, 7) is 7.39. The molecule has 1 nitrogen and oxygen atoms in total. The van der Waals surface area contributed by atoms with Crippen LogP contribution in [-0.2, 0) is 21.7 Å². The Kier molecular flexibility index (Phi) is 58.0. The van der Waals surface area contributed by atoms with Gasteiger partial charge < -0.3 is 29.3 Å². The Labute approximate surface area is 356 Å². The number of hydrogen-bond donors (Lipinski definition) is 0. The molecule has 0 saturated carbocycles. The minimum atomic E-state index is 0. The normalized spacial score (nSPS) is 12.4. The van der Waals surface area contributed by atoms with Crippen LogP contribution in [0.2, 0.25) is 0 Å². The van der Waals surface area contributed by atoms with Gasteiger partial charge >= 0.3 is 21.7 Å². The molecule has 52 heavy (non-hydrogen) atoms. The van der Waals surface area contributed by atoms with Gasteiger partial charge in [0.15, 0.2) is 0 Å². The second-order valence-electron chi connectivity index (χ2n) is 16.0. The second-order valence-corrected chi connectivity index (χ2v) is 16.0. The third-order valence-electron chi connectivity index (χ3n) is 10.4. The number of unbranched alkanes of at least 4 members (excludes halogenated alkanes) is 30. The molecule has 0 N–H and O–H groups in total. The first kappa shape index (κ1) is 58.9.